The Labute approximate surface area is 385 Å². The molecule has 4 heterocycles. The number of carbonyl (C=O) groups is 4. The lowest BCUT2D eigenvalue weighted by molar-refractivity contribution is -0.140. The molecule has 0 radical (unpaired) electrons. The van der Waals surface area contributed by atoms with Crippen molar-refractivity contribution in [2.75, 3.05) is 13.1 Å². The second kappa shape index (κ2) is 21.0. The normalized spacial score (nSPS) is 18.8. The Morgan fingerprint density at radius 1 is 0.618 bits per heavy atom. The number of ketones is 2. The molecule has 0 spiro atoms. The summed E-state index contributed by atoms with van der Waals surface area (Å²) in [5.74, 6) is -3.73. The maximum absolute atomic E-state index is 14.4. The van der Waals surface area contributed by atoms with E-state index in [1.807, 2.05) is 0 Å². The molecule has 2 amide bonds. The SMILES string of the molecule is CC(C)(C)OC(=O)N1CC[C@@H](O)[C@H]1C(=O)CCc1cc(-c2ccc(C(F)(F)F)c(F)c2)ncn1.CC(C)(C)OC(=O)N1CC[C@H](F)[C@H]1C(=O)CCc1cc(-c2ccc(C(F)(F)F)c(F)c2)ncn1. The van der Waals surface area contributed by atoms with Crippen molar-refractivity contribution in [1.82, 2.24) is 29.7 Å². The van der Waals surface area contributed by atoms with E-state index in [9.17, 15) is 63.8 Å². The number of hydrogen-bond donors (Lipinski definition) is 1. The Morgan fingerprint density at radius 3 is 1.41 bits per heavy atom. The Balaban J connectivity index is 0.000000254. The molecule has 0 unspecified atom stereocenters. The van der Waals surface area contributed by atoms with E-state index >= 15 is 0 Å². The van der Waals surface area contributed by atoms with Gasteiger partial charge in [-0.25, -0.2) is 42.7 Å². The minimum absolute atomic E-state index is 0.0206. The maximum Gasteiger partial charge on any atom is 0.419 e. The average molecular weight is 969 g/mol. The number of aryl methyl sites for hydroxylation is 2. The Hall–Kier alpha value is -6.19. The van der Waals surface area contributed by atoms with Gasteiger partial charge in [-0.15, -0.1) is 0 Å². The Bertz CT molecular complexity index is 2310. The molecule has 13 nitrogen and oxygen atoms in total. The number of halogens is 9. The molecule has 0 saturated carbocycles. The van der Waals surface area contributed by atoms with Gasteiger partial charge in [0.1, 0.15) is 53.7 Å². The summed E-state index contributed by atoms with van der Waals surface area (Å²) in [4.78, 5) is 68.7. The van der Waals surface area contributed by atoms with E-state index in [1.165, 1.54) is 23.4 Å². The van der Waals surface area contributed by atoms with Crippen molar-refractivity contribution in [3.63, 3.8) is 0 Å². The zero-order valence-electron chi connectivity index (χ0n) is 37.7. The zero-order valence-corrected chi connectivity index (χ0v) is 37.7. The lowest BCUT2D eigenvalue weighted by Gasteiger charge is -2.28. The highest BCUT2D eigenvalue weighted by Crippen LogP contribution is 2.35. The third kappa shape index (κ3) is 13.9. The van der Waals surface area contributed by atoms with Gasteiger partial charge in [0, 0.05) is 48.4 Å². The smallest absolute Gasteiger partial charge is 0.419 e. The lowest BCUT2D eigenvalue weighted by Crippen LogP contribution is -2.47. The van der Waals surface area contributed by atoms with Gasteiger partial charge in [0.05, 0.1) is 28.6 Å². The Kier molecular flexibility index (Phi) is 16.3. The number of aromatic nitrogens is 4. The van der Waals surface area contributed by atoms with Crippen LogP contribution in [0.1, 0.15) is 89.7 Å². The second-order valence-corrected chi connectivity index (χ2v) is 18.0. The van der Waals surface area contributed by atoms with Crippen molar-refractivity contribution in [3.05, 3.63) is 95.3 Å². The summed E-state index contributed by atoms with van der Waals surface area (Å²) in [5, 5.41) is 10.3. The number of aliphatic hydroxyl groups excluding tert-OH is 1. The van der Waals surface area contributed by atoms with Crippen LogP contribution in [0.4, 0.5) is 49.1 Å². The molecular weight excluding hydrogens is 920 g/mol. The van der Waals surface area contributed by atoms with E-state index in [0.29, 0.717) is 23.5 Å². The number of benzene rings is 2. The number of rotatable bonds is 10. The van der Waals surface area contributed by atoms with Crippen molar-refractivity contribution in [1.29, 1.82) is 0 Å². The first-order chi connectivity index (χ1) is 31.5. The number of alkyl halides is 7. The van der Waals surface area contributed by atoms with E-state index in [1.54, 1.807) is 41.5 Å². The van der Waals surface area contributed by atoms with Gasteiger partial charge in [-0.2, -0.15) is 26.3 Å². The highest BCUT2D eigenvalue weighted by atomic mass is 19.4. The lowest BCUT2D eigenvalue weighted by atomic mass is 10.0. The van der Waals surface area contributed by atoms with E-state index in [2.05, 4.69) is 19.9 Å². The molecule has 368 valence electrons. The molecule has 68 heavy (non-hydrogen) atoms. The molecule has 4 aromatic rings. The Morgan fingerprint density at radius 2 is 1.01 bits per heavy atom. The van der Waals surface area contributed by atoms with Crippen LogP contribution >= 0.6 is 0 Å². The minimum atomic E-state index is -4.82. The monoisotopic (exact) mass is 968 g/mol. The van der Waals surface area contributed by atoms with Gasteiger partial charge in [0.2, 0.25) is 0 Å². The van der Waals surface area contributed by atoms with Crippen LogP contribution in [0, 0.1) is 11.6 Å². The molecule has 1 N–H and O–H groups in total. The third-order valence-corrected chi connectivity index (χ3v) is 10.4. The molecule has 0 bridgehead atoms. The van der Waals surface area contributed by atoms with Crippen LogP contribution in [0.5, 0.6) is 0 Å². The predicted molar refractivity (Wildman–Crippen MR) is 225 cm³/mol. The van der Waals surface area contributed by atoms with Crippen LogP contribution in [0.25, 0.3) is 22.5 Å². The average Bonchev–Trinajstić information content (AvgIpc) is 3.82. The summed E-state index contributed by atoms with van der Waals surface area (Å²) < 4.78 is 130. The predicted octanol–water partition coefficient (Wildman–Crippen LogP) is 9.32. The largest absolute Gasteiger partial charge is 0.444 e. The van der Waals surface area contributed by atoms with Crippen LogP contribution in [0.2, 0.25) is 0 Å². The molecule has 4 atom stereocenters. The van der Waals surface area contributed by atoms with Gasteiger partial charge in [0.15, 0.2) is 11.6 Å². The second-order valence-electron chi connectivity index (χ2n) is 18.0. The number of ether oxygens (including phenoxy) is 2. The number of nitrogens with zero attached hydrogens (tertiary/aromatic N) is 6. The first-order valence-electron chi connectivity index (χ1n) is 21.3. The third-order valence-electron chi connectivity index (χ3n) is 10.4. The highest BCUT2D eigenvalue weighted by Gasteiger charge is 2.44. The quantitative estimate of drug-likeness (QED) is 0.151. The molecule has 2 fully saturated rings. The summed E-state index contributed by atoms with van der Waals surface area (Å²) in [6, 6.07) is 5.50. The summed E-state index contributed by atoms with van der Waals surface area (Å²) in [6.45, 7) is 10.3. The summed E-state index contributed by atoms with van der Waals surface area (Å²) >= 11 is 0. The van der Waals surface area contributed by atoms with Gasteiger partial charge in [-0.05, 0) is 104 Å². The molecule has 2 aromatic carbocycles. The van der Waals surface area contributed by atoms with E-state index < -0.39 is 88.6 Å². The topological polar surface area (TPSA) is 165 Å². The van der Waals surface area contributed by atoms with Gasteiger partial charge < -0.3 is 14.6 Å². The van der Waals surface area contributed by atoms with Gasteiger partial charge in [-0.1, -0.05) is 12.1 Å². The van der Waals surface area contributed by atoms with E-state index in [4.69, 9.17) is 9.47 Å². The summed E-state index contributed by atoms with van der Waals surface area (Å²) in [7, 11) is 0. The number of aliphatic hydroxyl groups is 1. The first-order valence-corrected chi connectivity index (χ1v) is 21.3. The van der Waals surface area contributed by atoms with Crippen LogP contribution in [-0.4, -0.2) is 107 Å². The standard InChI is InChI=1S/C23H24F5N3O3.C23H25F4N3O4/c1-22(2,3)34-21(33)31-9-8-16(24)20(31)19(32)7-5-14-11-18(30-12-29-14)13-4-6-15(17(25)10-13)23(26,27)28;1-22(2,3)34-21(33)30-9-8-19(32)20(30)18(31)7-5-14-11-17(29-12-28-14)13-4-6-15(16(24)10-13)23(25,26)27/h4,6,10-12,16,20H,5,7-9H2,1-3H3;4,6,10-12,19-20,32H,5,7-9H2,1-3H3/t16-,20-;19-,20-/m01/s1. The molecule has 6 rings (SSSR count). The molecule has 2 aromatic heterocycles. The van der Waals surface area contributed by atoms with Crippen molar-refractivity contribution < 1.29 is 73.3 Å². The molecule has 0 aliphatic carbocycles. The van der Waals surface area contributed by atoms with E-state index in [-0.39, 0.29) is 79.9 Å². The number of likely N-dealkylation sites (tertiary alicyclic amines) is 2. The van der Waals surface area contributed by atoms with Crippen molar-refractivity contribution in [2.45, 2.75) is 128 Å². The number of hydrogen-bond acceptors (Lipinski definition) is 11. The molecule has 2 aliphatic rings. The number of carbonyl (C=O) groups excluding carboxylic acids is 4. The molecule has 22 heteroatoms. The first kappa shape index (κ1) is 52.8. The van der Waals surface area contributed by atoms with Crippen LogP contribution < -0.4 is 0 Å². The van der Waals surface area contributed by atoms with Crippen molar-refractivity contribution in [2.24, 2.45) is 0 Å². The molecular formula is C46H49F9N6O7. The van der Waals surface area contributed by atoms with Gasteiger partial charge in [0.25, 0.3) is 0 Å². The fraction of sp³-hybridized carbons (Fsp3) is 0.478. The zero-order chi connectivity index (χ0) is 50.5. The fourth-order valence-electron chi connectivity index (χ4n) is 7.34. The number of amides is 2. The van der Waals surface area contributed by atoms with E-state index in [0.717, 1.165) is 35.5 Å². The van der Waals surface area contributed by atoms with Gasteiger partial charge in [-0.3, -0.25) is 19.4 Å². The van der Waals surface area contributed by atoms with Crippen LogP contribution in [0.3, 0.4) is 0 Å². The molecule has 2 saturated heterocycles. The number of Topliss-reactive ketones (excluding diaryl/α,β-unsaturated/α-hetero) is 2. The summed E-state index contributed by atoms with van der Waals surface area (Å²) in [5.41, 5.74) is -2.96. The molecule has 2 aliphatic heterocycles. The van der Waals surface area contributed by atoms with Crippen LogP contribution in [-0.2, 0) is 44.3 Å². The van der Waals surface area contributed by atoms with Crippen LogP contribution in [0.15, 0.2) is 61.2 Å². The van der Waals surface area contributed by atoms with Gasteiger partial charge >= 0.3 is 24.5 Å². The minimum Gasteiger partial charge on any atom is -0.444 e. The summed E-state index contributed by atoms with van der Waals surface area (Å²) in [6.07, 6.45) is -11.0. The van der Waals surface area contributed by atoms with Crippen molar-refractivity contribution in [3.8, 4) is 22.5 Å². The fourth-order valence-corrected chi connectivity index (χ4v) is 7.34. The van der Waals surface area contributed by atoms with Crippen molar-refractivity contribution >= 4 is 23.8 Å². The highest BCUT2D eigenvalue weighted by molar-refractivity contribution is 5.89. The maximum atomic E-state index is 14.4.